The van der Waals surface area contributed by atoms with E-state index in [1.807, 2.05) is 0 Å². The van der Waals surface area contributed by atoms with E-state index in [-0.39, 0.29) is 31.0 Å². The maximum absolute atomic E-state index is 10.5. The van der Waals surface area contributed by atoms with Crippen molar-refractivity contribution in [2.24, 2.45) is 0 Å². The van der Waals surface area contributed by atoms with Crippen LogP contribution in [0.3, 0.4) is 0 Å². The van der Waals surface area contributed by atoms with Crippen LogP contribution in [0.25, 0.3) is 0 Å². The van der Waals surface area contributed by atoms with Crippen molar-refractivity contribution in [3.8, 4) is 0 Å². The zero-order valence-corrected chi connectivity index (χ0v) is 6.21. The fourth-order valence-electron chi connectivity index (χ4n) is 0. The van der Waals surface area contributed by atoms with Crippen LogP contribution in [0.2, 0.25) is 0 Å². The Morgan fingerprint density at radius 1 is 1.57 bits per heavy atom. The first-order valence-corrected chi connectivity index (χ1v) is 2.12. The quantitative estimate of drug-likeness (QED) is 0.294. The summed E-state index contributed by atoms with van der Waals surface area (Å²) in [5.41, 5.74) is 0. The molecule has 0 radical (unpaired) electrons. The molecule has 0 saturated heterocycles. The summed E-state index contributed by atoms with van der Waals surface area (Å²) in [5.74, 6) is 0. The van der Waals surface area contributed by atoms with Gasteiger partial charge in [-0.1, -0.05) is 3.89 Å². The van der Waals surface area contributed by atoms with E-state index >= 15 is 0 Å². The smallest absolute Gasteiger partial charge is 1.00 e. The second-order valence-electron chi connectivity index (χ2n) is 0.456. The first-order valence-electron chi connectivity index (χ1n) is 0.809. The number of hydrogen-bond acceptors (Lipinski definition) is 3. The monoisotopic (exact) mass is 142 g/mol. The van der Waals surface area contributed by atoms with Crippen molar-refractivity contribution in [2.45, 2.75) is 0 Å². The average molecular weight is 142 g/mol. The SMILES string of the molecule is O=S(=O)(F)OF.[H-].[Na+]. The third-order valence-corrected chi connectivity index (χ3v) is 0.226. The number of rotatable bonds is 1. The van der Waals surface area contributed by atoms with Crippen molar-refractivity contribution in [2.75, 3.05) is 0 Å². The molecule has 0 aromatic rings. The number of hydrogen-bond donors (Lipinski definition) is 0. The van der Waals surface area contributed by atoms with Crippen molar-refractivity contribution in [1.82, 2.24) is 0 Å². The van der Waals surface area contributed by atoms with Gasteiger partial charge in [0.1, 0.15) is 0 Å². The summed E-state index contributed by atoms with van der Waals surface area (Å²) in [5, 5.41) is 0. The molecule has 0 aromatic carbocycles. The zero-order valence-electron chi connectivity index (χ0n) is 4.39. The fraction of sp³-hybridized carbons (Fsp3) is 0. The summed E-state index contributed by atoms with van der Waals surface area (Å²) >= 11 is 0. The van der Waals surface area contributed by atoms with Gasteiger partial charge in [-0.2, -0.15) is 8.42 Å². The maximum atomic E-state index is 10.5. The minimum Gasteiger partial charge on any atom is -1.00 e. The van der Waals surface area contributed by atoms with Crippen LogP contribution in [0, 0.1) is 0 Å². The molecule has 0 amide bonds. The van der Waals surface area contributed by atoms with Gasteiger partial charge in [0.05, 0.1) is 0 Å². The molecule has 3 nitrogen and oxygen atoms in total. The van der Waals surface area contributed by atoms with Crippen LogP contribution in [0.4, 0.5) is 8.41 Å². The minimum absolute atomic E-state index is 0. The summed E-state index contributed by atoms with van der Waals surface area (Å²) in [6.07, 6.45) is 0. The predicted octanol–water partition coefficient (Wildman–Crippen LogP) is -2.78. The van der Waals surface area contributed by atoms with Gasteiger partial charge in [0, 0.05) is 0 Å². The molecule has 0 saturated carbocycles. The Bertz CT molecular complexity index is 119. The van der Waals surface area contributed by atoms with Crippen LogP contribution in [-0.4, -0.2) is 8.42 Å². The molecule has 7 heteroatoms. The van der Waals surface area contributed by atoms with Gasteiger partial charge in [-0.25, -0.2) is 0 Å². The number of halogens is 2. The Morgan fingerprint density at radius 3 is 1.71 bits per heavy atom. The summed E-state index contributed by atoms with van der Waals surface area (Å²) in [4.78, 5) is 0. The molecule has 0 heterocycles. The van der Waals surface area contributed by atoms with Crippen LogP contribution in [-0.2, 0) is 14.9 Å². The third-order valence-electron chi connectivity index (χ3n) is 0.0752. The largest absolute Gasteiger partial charge is 1.00 e. The van der Waals surface area contributed by atoms with E-state index in [4.69, 9.17) is 8.42 Å². The fourth-order valence-corrected chi connectivity index (χ4v) is 0. The van der Waals surface area contributed by atoms with E-state index < -0.39 is 10.5 Å². The molecular formula is HF2NaO3S. The first kappa shape index (κ1) is 10.7. The molecule has 0 aromatic heterocycles. The Kier molecular flexibility index (Phi) is 5.70. The Hall–Kier alpha value is 0.770. The second kappa shape index (κ2) is 3.73. The van der Waals surface area contributed by atoms with E-state index in [9.17, 15) is 8.41 Å². The first-order chi connectivity index (χ1) is 2.56. The molecule has 0 rings (SSSR count). The van der Waals surface area contributed by atoms with Gasteiger partial charge in [0.15, 0.2) is 0 Å². The molecule has 0 spiro atoms. The Labute approximate surface area is 62.7 Å². The van der Waals surface area contributed by atoms with E-state index in [0.29, 0.717) is 0 Å². The van der Waals surface area contributed by atoms with Gasteiger partial charge in [0.2, 0.25) is 0 Å². The zero-order chi connectivity index (χ0) is 5.21. The molecule has 0 N–H and O–H groups in total. The molecule has 40 valence electrons. The van der Waals surface area contributed by atoms with Gasteiger partial charge in [-0.3, -0.25) is 0 Å². The molecule has 0 fully saturated rings. The van der Waals surface area contributed by atoms with E-state index in [1.54, 1.807) is 4.39 Å². The molecule has 0 atom stereocenters. The van der Waals surface area contributed by atoms with Gasteiger partial charge in [0.25, 0.3) is 0 Å². The van der Waals surface area contributed by atoms with E-state index in [2.05, 4.69) is 0 Å². The van der Waals surface area contributed by atoms with Crippen LogP contribution < -0.4 is 29.6 Å². The van der Waals surface area contributed by atoms with Crippen LogP contribution in [0.1, 0.15) is 1.43 Å². The van der Waals surface area contributed by atoms with Crippen molar-refractivity contribution in [3.05, 3.63) is 0 Å². The van der Waals surface area contributed by atoms with Crippen molar-refractivity contribution >= 4 is 10.5 Å². The summed E-state index contributed by atoms with van der Waals surface area (Å²) in [6, 6.07) is 0. The van der Waals surface area contributed by atoms with E-state index in [0.717, 1.165) is 0 Å². The molecule has 0 unspecified atom stereocenters. The summed E-state index contributed by atoms with van der Waals surface area (Å²) < 4.78 is 39.7. The summed E-state index contributed by atoms with van der Waals surface area (Å²) in [6.45, 7) is 0. The minimum atomic E-state index is -5.33. The maximum Gasteiger partial charge on any atom is 1.00 e. The van der Waals surface area contributed by atoms with Gasteiger partial charge in [-0.15, -0.1) is 0 Å². The Balaban J connectivity index is -0.000000125. The van der Waals surface area contributed by atoms with Gasteiger partial charge in [-0.05, 0) is 8.91 Å². The van der Waals surface area contributed by atoms with Crippen molar-refractivity contribution < 1.29 is 52.2 Å². The Morgan fingerprint density at radius 2 is 1.71 bits per heavy atom. The molecule has 7 heavy (non-hydrogen) atoms. The van der Waals surface area contributed by atoms with Crippen molar-refractivity contribution in [1.29, 1.82) is 0 Å². The topological polar surface area (TPSA) is 43.4 Å². The van der Waals surface area contributed by atoms with Gasteiger partial charge < -0.3 is 1.43 Å². The average Bonchev–Trinajstić information content (AvgIpc) is 1.35. The van der Waals surface area contributed by atoms with Crippen LogP contribution in [0.5, 0.6) is 0 Å². The summed E-state index contributed by atoms with van der Waals surface area (Å²) in [7, 11) is -5.33. The molecule has 0 bridgehead atoms. The third kappa shape index (κ3) is 10.8. The van der Waals surface area contributed by atoms with Crippen LogP contribution >= 0.6 is 0 Å². The molecular weight excluding hydrogens is 141 g/mol. The van der Waals surface area contributed by atoms with E-state index in [1.165, 1.54) is 0 Å². The van der Waals surface area contributed by atoms with Gasteiger partial charge >= 0.3 is 40.1 Å². The second-order valence-corrected chi connectivity index (χ2v) is 1.37. The van der Waals surface area contributed by atoms with Crippen molar-refractivity contribution in [3.63, 3.8) is 0 Å². The standard InChI is InChI=1S/F2O3S.Na.H/c1-5-6(2,3)4;;/q;+1;-1. The molecule has 0 aliphatic heterocycles. The van der Waals surface area contributed by atoms with Crippen LogP contribution in [0.15, 0.2) is 0 Å². The predicted molar refractivity (Wildman–Crippen MR) is 13.3 cm³/mol. The molecule has 0 aliphatic carbocycles. The molecule has 0 aliphatic rings. The normalized spacial score (nSPS) is 10.0.